The van der Waals surface area contributed by atoms with Crippen LogP contribution in [0.15, 0.2) is 29.4 Å². The minimum absolute atomic E-state index is 0. The second-order valence-electron chi connectivity index (χ2n) is 2.87. The molecule has 0 amide bonds. The Morgan fingerprint density at radius 1 is 1.16 bits per heavy atom. The molecule has 0 aromatic heterocycles. The smallest absolute Gasteiger partial charge is 0.406 e. The molecule has 0 atom stereocenters. The Hall–Kier alpha value is -2.45. The monoisotopic (exact) mass is 290 g/mol. The minimum atomic E-state index is -4.75. The van der Waals surface area contributed by atoms with E-state index in [1.807, 2.05) is 0 Å². The summed E-state index contributed by atoms with van der Waals surface area (Å²) >= 11 is 0. The highest BCUT2D eigenvalue weighted by atomic mass is 35.5. The van der Waals surface area contributed by atoms with E-state index in [0.717, 1.165) is 12.1 Å². The predicted molar refractivity (Wildman–Crippen MR) is 62.7 cm³/mol. The lowest BCUT2D eigenvalue weighted by molar-refractivity contribution is -0.274. The molecule has 0 bridgehead atoms. The van der Waals surface area contributed by atoms with Gasteiger partial charge in [-0.05, 0) is 24.3 Å². The van der Waals surface area contributed by atoms with Crippen molar-refractivity contribution in [2.45, 2.75) is 6.36 Å². The van der Waals surface area contributed by atoms with E-state index in [9.17, 15) is 13.2 Å². The first-order valence-corrected chi connectivity index (χ1v) is 4.44. The molecule has 9 heteroatoms. The zero-order chi connectivity index (χ0) is 13.6. The molecule has 0 radical (unpaired) electrons. The van der Waals surface area contributed by atoms with Gasteiger partial charge in [0.05, 0.1) is 5.69 Å². The predicted octanol–water partition coefficient (Wildman–Crippen LogP) is 2.82. The Labute approximate surface area is 112 Å². The average Bonchev–Trinajstić information content (AvgIpc) is 2.30. The maximum Gasteiger partial charge on any atom is 0.573 e. The number of ether oxygens (including phenoxy) is 1. The van der Waals surface area contributed by atoms with Crippen LogP contribution >= 0.6 is 12.4 Å². The molecule has 0 aliphatic carbocycles. The van der Waals surface area contributed by atoms with Gasteiger partial charge in [-0.3, -0.25) is 5.43 Å². The second-order valence-corrected chi connectivity index (χ2v) is 2.87. The molecule has 0 aliphatic heterocycles. The first-order valence-electron chi connectivity index (χ1n) is 4.44. The van der Waals surface area contributed by atoms with E-state index in [-0.39, 0.29) is 18.2 Å². The van der Waals surface area contributed by atoms with Crippen molar-refractivity contribution in [1.82, 2.24) is 0 Å². The minimum Gasteiger partial charge on any atom is -0.406 e. The molecule has 1 N–H and O–H groups in total. The Kier molecular flexibility index (Phi) is 6.17. The summed E-state index contributed by atoms with van der Waals surface area (Å²) < 4.78 is 39.2. The number of hydrazone groups is 1. The van der Waals surface area contributed by atoms with Crippen molar-refractivity contribution in [1.29, 1.82) is 10.5 Å². The topological polar surface area (TPSA) is 81.2 Å². The first kappa shape index (κ1) is 16.6. The highest BCUT2D eigenvalue weighted by Gasteiger charge is 2.30. The van der Waals surface area contributed by atoms with E-state index in [4.69, 9.17) is 10.5 Å². The van der Waals surface area contributed by atoms with Gasteiger partial charge in [-0.25, -0.2) is 0 Å². The van der Waals surface area contributed by atoms with Crippen molar-refractivity contribution >= 4 is 23.8 Å². The van der Waals surface area contributed by atoms with Crippen LogP contribution in [-0.2, 0) is 0 Å². The third-order valence-corrected chi connectivity index (χ3v) is 1.60. The molecule has 0 fully saturated rings. The highest BCUT2D eigenvalue weighted by Crippen LogP contribution is 2.23. The molecular formula is C10H6ClF3N4O. The lowest BCUT2D eigenvalue weighted by Crippen LogP contribution is -2.16. The van der Waals surface area contributed by atoms with Crippen LogP contribution in [0.25, 0.3) is 0 Å². The van der Waals surface area contributed by atoms with Crippen LogP contribution in [0.2, 0.25) is 0 Å². The normalized spacial score (nSPS) is 9.32. The van der Waals surface area contributed by atoms with E-state index in [1.54, 1.807) is 0 Å². The molecule has 100 valence electrons. The van der Waals surface area contributed by atoms with E-state index < -0.39 is 12.1 Å². The van der Waals surface area contributed by atoms with Crippen LogP contribution in [0.1, 0.15) is 0 Å². The van der Waals surface area contributed by atoms with Crippen molar-refractivity contribution in [3.8, 4) is 17.9 Å². The zero-order valence-electron chi connectivity index (χ0n) is 9.10. The van der Waals surface area contributed by atoms with Crippen LogP contribution in [0.4, 0.5) is 18.9 Å². The number of alkyl halides is 3. The fourth-order valence-corrected chi connectivity index (χ4v) is 0.927. The third-order valence-electron chi connectivity index (χ3n) is 1.60. The van der Waals surface area contributed by atoms with Gasteiger partial charge in [0.15, 0.2) is 0 Å². The maximum atomic E-state index is 11.9. The number of halogens is 4. The summed E-state index contributed by atoms with van der Waals surface area (Å²) in [4.78, 5) is 0. The van der Waals surface area contributed by atoms with E-state index >= 15 is 0 Å². The summed E-state index contributed by atoms with van der Waals surface area (Å²) in [5.74, 6) is -0.377. The summed E-state index contributed by atoms with van der Waals surface area (Å²) in [7, 11) is 0. The second kappa shape index (κ2) is 7.09. The van der Waals surface area contributed by atoms with Crippen LogP contribution in [-0.4, -0.2) is 12.1 Å². The van der Waals surface area contributed by atoms with E-state index in [0.29, 0.717) is 5.69 Å². The standard InChI is InChI=1S/C10H5F3N4O.ClH/c11-10(12,13)18-9-3-1-7(2-4-9)16-17-8(5-14)6-15;/h1-4,16H;1H. The van der Waals surface area contributed by atoms with Gasteiger partial charge in [-0.2, -0.15) is 15.6 Å². The number of anilines is 1. The molecule has 0 aliphatic rings. The van der Waals surface area contributed by atoms with Gasteiger partial charge < -0.3 is 4.74 Å². The van der Waals surface area contributed by atoms with Crippen LogP contribution in [0.5, 0.6) is 5.75 Å². The summed E-state index contributed by atoms with van der Waals surface area (Å²) in [6.45, 7) is 0. The molecule has 0 saturated carbocycles. The zero-order valence-corrected chi connectivity index (χ0v) is 9.92. The Morgan fingerprint density at radius 2 is 1.68 bits per heavy atom. The lowest BCUT2D eigenvalue weighted by Gasteiger charge is -2.08. The average molecular weight is 291 g/mol. The van der Waals surface area contributed by atoms with Crippen molar-refractivity contribution < 1.29 is 17.9 Å². The summed E-state index contributed by atoms with van der Waals surface area (Å²) in [6, 6.07) is 7.70. The van der Waals surface area contributed by atoms with Crippen molar-refractivity contribution in [3.05, 3.63) is 24.3 Å². The van der Waals surface area contributed by atoms with Gasteiger partial charge in [0.2, 0.25) is 5.71 Å². The largest absolute Gasteiger partial charge is 0.573 e. The summed E-state index contributed by atoms with van der Waals surface area (Å²) in [6.07, 6.45) is -4.75. The quantitative estimate of drug-likeness (QED) is 0.685. The number of rotatable bonds is 3. The van der Waals surface area contributed by atoms with Gasteiger partial charge in [0.1, 0.15) is 17.9 Å². The molecule has 1 rings (SSSR count). The van der Waals surface area contributed by atoms with Gasteiger partial charge in [-0.15, -0.1) is 25.6 Å². The molecule has 5 nitrogen and oxygen atoms in total. The molecule has 0 unspecified atom stereocenters. The third kappa shape index (κ3) is 6.15. The number of hydrogen-bond acceptors (Lipinski definition) is 5. The summed E-state index contributed by atoms with van der Waals surface area (Å²) in [5.41, 5.74) is 2.26. The molecular weight excluding hydrogens is 285 g/mol. The Morgan fingerprint density at radius 3 is 2.11 bits per heavy atom. The number of hydrogen-bond donors (Lipinski definition) is 1. The molecule has 0 spiro atoms. The molecule has 19 heavy (non-hydrogen) atoms. The van der Waals surface area contributed by atoms with E-state index in [1.165, 1.54) is 24.3 Å². The number of nitrogens with zero attached hydrogens (tertiary/aromatic N) is 3. The molecule has 1 aromatic rings. The van der Waals surface area contributed by atoms with Crippen LogP contribution < -0.4 is 10.2 Å². The lowest BCUT2D eigenvalue weighted by atomic mass is 10.3. The number of nitrogens with one attached hydrogen (secondary N) is 1. The maximum absolute atomic E-state index is 11.9. The number of benzene rings is 1. The van der Waals surface area contributed by atoms with Gasteiger partial charge in [0.25, 0.3) is 0 Å². The fourth-order valence-electron chi connectivity index (χ4n) is 0.927. The van der Waals surface area contributed by atoms with Gasteiger partial charge in [-0.1, -0.05) is 0 Å². The SMILES string of the molecule is Cl.N#CC(C#N)=NNc1ccc(OC(F)(F)F)cc1. The van der Waals surface area contributed by atoms with Gasteiger partial charge in [0, 0.05) is 0 Å². The van der Waals surface area contributed by atoms with Crippen LogP contribution in [0.3, 0.4) is 0 Å². The Bertz CT molecular complexity index is 512. The van der Waals surface area contributed by atoms with Crippen LogP contribution in [0, 0.1) is 22.7 Å². The van der Waals surface area contributed by atoms with Gasteiger partial charge >= 0.3 is 6.36 Å². The fraction of sp³-hybridized carbons (Fsp3) is 0.100. The molecule has 0 saturated heterocycles. The molecule has 0 heterocycles. The van der Waals surface area contributed by atoms with E-state index in [2.05, 4.69) is 15.3 Å². The van der Waals surface area contributed by atoms with Crippen molar-refractivity contribution in [3.63, 3.8) is 0 Å². The molecule has 1 aromatic carbocycles. The summed E-state index contributed by atoms with van der Waals surface area (Å²) in [5, 5.41) is 20.2. The van der Waals surface area contributed by atoms with Crippen molar-refractivity contribution in [2.75, 3.05) is 5.43 Å². The van der Waals surface area contributed by atoms with Crippen molar-refractivity contribution in [2.24, 2.45) is 5.10 Å². The Balaban J connectivity index is 0.00000324. The first-order chi connectivity index (χ1) is 8.44. The number of nitriles is 2. The highest BCUT2D eigenvalue weighted by molar-refractivity contribution is 6.10.